The van der Waals surface area contributed by atoms with E-state index >= 15 is 0 Å². The zero-order chi connectivity index (χ0) is 22.2. The van der Waals surface area contributed by atoms with Gasteiger partial charge in [0.1, 0.15) is 11.5 Å². The van der Waals surface area contributed by atoms with Gasteiger partial charge in [0.2, 0.25) is 5.60 Å². The molecule has 9 heteroatoms. The largest absolute Gasteiger partial charge is 0.423 e. The quantitative estimate of drug-likeness (QED) is 0.460. The molecule has 31 heavy (non-hydrogen) atoms. The van der Waals surface area contributed by atoms with Crippen molar-refractivity contribution in [3.63, 3.8) is 0 Å². The molecule has 0 fully saturated rings. The number of hydrogen-bond donors (Lipinski definition) is 1. The van der Waals surface area contributed by atoms with Crippen molar-refractivity contribution in [2.24, 2.45) is 0 Å². The molecule has 4 aromatic rings. The molecule has 0 radical (unpaired) electrons. The number of aromatic nitrogens is 4. The molecule has 0 unspecified atom stereocenters. The van der Waals surface area contributed by atoms with Crippen LogP contribution in [0.25, 0.3) is 22.0 Å². The topological polar surface area (TPSA) is 63.8 Å². The Morgan fingerprint density at radius 1 is 1.03 bits per heavy atom. The van der Waals surface area contributed by atoms with Crippen LogP contribution in [0, 0.1) is 5.82 Å². The van der Waals surface area contributed by atoms with Crippen LogP contribution in [-0.4, -0.2) is 31.3 Å². The van der Waals surface area contributed by atoms with Crippen molar-refractivity contribution in [2.75, 3.05) is 0 Å². The van der Waals surface area contributed by atoms with E-state index in [9.17, 15) is 22.7 Å². The van der Waals surface area contributed by atoms with Crippen molar-refractivity contribution in [3.05, 3.63) is 78.0 Å². The normalized spacial score (nSPS) is 14.0. The highest BCUT2D eigenvalue weighted by Crippen LogP contribution is 2.40. The Bertz CT molecular complexity index is 1220. The molecule has 5 nitrogen and oxygen atoms in total. The van der Waals surface area contributed by atoms with Crippen LogP contribution in [0.3, 0.4) is 0 Å². The summed E-state index contributed by atoms with van der Waals surface area (Å²) in [6.07, 6.45) is -2.68. The summed E-state index contributed by atoms with van der Waals surface area (Å²) in [4.78, 5) is 4.37. The predicted octanol–water partition coefficient (Wildman–Crippen LogP) is 4.84. The van der Waals surface area contributed by atoms with E-state index in [4.69, 9.17) is 0 Å². The second-order valence-corrected chi connectivity index (χ2v) is 7.23. The van der Waals surface area contributed by atoms with Crippen LogP contribution in [-0.2, 0) is 12.1 Å². The van der Waals surface area contributed by atoms with Crippen LogP contribution in [0.4, 0.5) is 17.6 Å². The maximum atomic E-state index is 13.2. The lowest BCUT2D eigenvalue weighted by molar-refractivity contribution is -0.269. The van der Waals surface area contributed by atoms with E-state index in [0.717, 1.165) is 28.3 Å². The fourth-order valence-electron chi connectivity index (χ4n) is 3.45. The number of nitrogens with zero attached hydrogens (tertiary/aromatic N) is 4. The van der Waals surface area contributed by atoms with Crippen LogP contribution in [0.15, 0.2) is 60.9 Å². The Morgan fingerprint density at radius 2 is 1.77 bits per heavy atom. The van der Waals surface area contributed by atoms with E-state index in [1.165, 1.54) is 23.7 Å². The summed E-state index contributed by atoms with van der Waals surface area (Å²) < 4.78 is 54.2. The third-order valence-corrected chi connectivity index (χ3v) is 5.25. The minimum absolute atomic E-state index is 0.156. The molecule has 1 atom stereocenters. The van der Waals surface area contributed by atoms with E-state index in [2.05, 4.69) is 15.3 Å². The minimum Gasteiger partial charge on any atom is -0.375 e. The van der Waals surface area contributed by atoms with Crippen LogP contribution < -0.4 is 0 Å². The number of benzene rings is 2. The van der Waals surface area contributed by atoms with Gasteiger partial charge >= 0.3 is 6.18 Å². The molecule has 0 aliphatic carbocycles. The molecule has 0 saturated heterocycles. The number of rotatable bonds is 5. The zero-order valence-electron chi connectivity index (χ0n) is 16.4. The highest BCUT2D eigenvalue weighted by Gasteiger charge is 2.55. The van der Waals surface area contributed by atoms with Crippen molar-refractivity contribution >= 4 is 10.9 Å². The Balaban J connectivity index is 1.64. The number of alkyl halides is 3. The van der Waals surface area contributed by atoms with Crippen LogP contribution in [0.1, 0.15) is 24.6 Å². The van der Waals surface area contributed by atoms with Crippen molar-refractivity contribution < 1.29 is 22.7 Å². The fourth-order valence-corrected chi connectivity index (χ4v) is 3.45. The fraction of sp³-hybridized carbons (Fsp3) is 0.227. The average molecular weight is 430 g/mol. The highest BCUT2D eigenvalue weighted by atomic mass is 19.4. The third-order valence-electron chi connectivity index (χ3n) is 5.25. The Kier molecular flexibility index (Phi) is 5.22. The molecule has 2 aromatic heterocycles. The van der Waals surface area contributed by atoms with Crippen LogP contribution in [0.5, 0.6) is 0 Å². The monoisotopic (exact) mass is 430 g/mol. The van der Waals surface area contributed by atoms with E-state index in [0.29, 0.717) is 5.52 Å². The molecular formula is C22H18F4N4O. The lowest BCUT2D eigenvalue weighted by atomic mass is 9.96. The molecule has 4 rings (SSSR count). The first-order valence-electron chi connectivity index (χ1n) is 9.54. The van der Waals surface area contributed by atoms with E-state index < -0.39 is 23.9 Å². The number of pyridine rings is 1. The molecule has 2 heterocycles. The minimum atomic E-state index is -4.85. The zero-order valence-corrected chi connectivity index (χ0v) is 16.4. The first-order valence-corrected chi connectivity index (χ1v) is 9.54. The molecule has 160 valence electrons. The smallest absolute Gasteiger partial charge is 0.375 e. The molecule has 0 aliphatic rings. The van der Waals surface area contributed by atoms with Gasteiger partial charge in [-0.3, -0.25) is 4.98 Å². The van der Waals surface area contributed by atoms with Crippen LogP contribution >= 0.6 is 0 Å². The summed E-state index contributed by atoms with van der Waals surface area (Å²) in [7, 11) is 0. The maximum absolute atomic E-state index is 13.2. The van der Waals surface area contributed by atoms with Gasteiger partial charge in [0.15, 0.2) is 0 Å². The molecule has 2 aromatic carbocycles. The summed E-state index contributed by atoms with van der Waals surface area (Å²) in [6.45, 7) is 1.39. The van der Waals surface area contributed by atoms with Crippen LogP contribution in [0.2, 0.25) is 0 Å². The maximum Gasteiger partial charge on any atom is 0.423 e. The van der Waals surface area contributed by atoms with Gasteiger partial charge in [-0.25, -0.2) is 9.07 Å². The van der Waals surface area contributed by atoms with Gasteiger partial charge in [-0.15, -0.1) is 5.10 Å². The van der Waals surface area contributed by atoms with Crippen molar-refractivity contribution in [1.29, 1.82) is 0 Å². The standard InChI is InChI=1S/C22H18F4N4O/c1-2-21(31,22(24,25)26)20-13-30(29-28-20)12-14-3-8-18-17(9-10-27-19(18)11-14)15-4-6-16(23)7-5-15/h3-11,13,31H,2,12H2,1H3/t21-/m0/s1. The first kappa shape index (κ1) is 20.9. The Labute approximate surface area is 175 Å². The lowest BCUT2D eigenvalue weighted by Gasteiger charge is -2.26. The summed E-state index contributed by atoms with van der Waals surface area (Å²) >= 11 is 0. The second kappa shape index (κ2) is 7.73. The summed E-state index contributed by atoms with van der Waals surface area (Å²) in [5.74, 6) is -0.322. The van der Waals surface area contributed by atoms with Crippen molar-refractivity contribution in [2.45, 2.75) is 31.7 Å². The number of halogens is 4. The van der Waals surface area contributed by atoms with Gasteiger partial charge in [0, 0.05) is 11.6 Å². The highest BCUT2D eigenvalue weighted by molar-refractivity contribution is 5.94. The average Bonchev–Trinajstić information content (AvgIpc) is 3.21. The van der Waals surface area contributed by atoms with E-state index in [1.807, 2.05) is 18.2 Å². The molecule has 0 aliphatic heterocycles. The molecular weight excluding hydrogens is 412 g/mol. The second-order valence-electron chi connectivity index (χ2n) is 7.23. The summed E-state index contributed by atoms with van der Waals surface area (Å²) in [6, 6.07) is 13.4. The number of aliphatic hydroxyl groups is 1. The van der Waals surface area contributed by atoms with Crippen molar-refractivity contribution in [1.82, 2.24) is 20.0 Å². The summed E-state index contributed by atoms with van der Waals surface area (Å²) in [5, 5.41) is 18.2. The summed E-state index contributed by atoms with van der Waals surface area (Å²) in [5.41, 5.74) is -0.425. The Hall–Kier alpha value is -3.33. The molecule has 0 spiro atoms. The Morgan fingerprint density at radius 3 is 2.45 bits per heavy atom. The predicted molar refractivity (Wildman–Crippen MR) is 107 cm³/mol. The molecule has 0 bridgehead atoms. The van der Waals surface area contributed by atoms with Gasteiger partial charge in [0.05, 0.1) is 18.3 Å². The third kappa shape index (κ3) is 3.88. The van der Waals surface area contributed by atoms with Gasteiger partial charge in [-0.05, 0) is 47.4 Å². The lowest BCUT2D eigenvalue weighted by Crippen LogP contribution is -2.42. The van der Waals surface area contributed by atoms with Gasteiger partial charge < -0.3 is 5.11 Å². The molecule has 0 saturated carbocycles. The van der Waals surface area contributed by atoms with E-state index in [-0.39, 0.29) is 12.4 Å². The number of fused-ring (bicyclic) bond motifs is 1. The molecule has 1 N–H and O–H groups in total. The van der Waals surface area contributed by atoms with Gasteiger partial charge in [-0.2, -0.15) is 13.2 Å². The van der Waals surface area contributed by atoms with Gasteiger partial charge in [-0.1, -0.05) is 36.4 Å². The van der Waals surface area contributed by atoms with Gasteiger partial charge in [0.25, 0.3) is 0 Å². The SMILES string of the molecule is CC[C@](O)(c1cn(Cc2ccc3c(-c4ccc(F)cc4)ccnc3c2)nn1)C(F)(F)F. The molecule has 0 amide bonds. The van der Waals surface area contributed by atoms with Crippen molar-refractivity contribution in [3.8, 4) is 11.1 Å². The van der Waals surface area contributed by atoms with E-state index in [1.54, 1.807) is 24.4 Å². The number of hydrogen-bond acceptors (Lipinski definition) is 4. The first-order chi connectivity index (χ1) is 14.7.